The van der Waals surface area contributed by atoms with Crippen molar-refractivity contribution in [2.75, 3.05) is 11.9 Å². The Labute approximate surface area is 111 Å². The van der Waals surface area contributed by atoms with Crippen LogP contribution in [0.1, 0.15) is 64.5 Å². The van der Waals surface area contributed by atoms with Crippen LogP contribution in [-0.4, -0.2) is 16.5 Å². The average Bonchev–Trinajstić information content (AvgIpc) is 2.29. The third-order valence-electron chi connectivity index (χ3n) is 3.03. The summed E-state index contributed by atoms with van der Waals surface area (Å²) in [4.78, 5) is 9.45. The molecule has 1 rings (SSSR count). The molecule has 0 aliphatic carbocycles. The normalized spacial score (nSPS) is 11.7. The number of unbranched alkanes of at least 4 members (excludes halogenated alkanes) is 1. The molecule has 1 heterocycles. The molecule has 0 fully saturated rings. The largest absolute Gasteiger partial charge is 0.370 e. The van der Waals surface area contributed by atoms with E-state index in [4.69, 9.17) is 4.98 Å². The second-order valence-electron chi connectivity index (χ2n) is 5.85. The van der Waals surface area contributed by atoms with Crippen molar-refractivity contribution < 1.29 is 0 Å². The summed E-state index contributed by atoms with van der Waals surface area (Å²) >= 11 is 0. The number of anilines is 1. The lowest BCUT2D eigenvalue weighted by Crippen LogP contribution is -2.19. The molecule has 1 aromatic rings. The highest BCUT2D eigenvalue weighted by molar-refractivity contribution is 5.46. The Hall–Kier alpha value is -1.12. The van der Waals surface area contributed by atoms with Crippen LogP contribution in [0.5, 0.6) is 0 Å². The van der Waals surface area contributed by atoms with Crippen LogP contribution in [-0.2, 0) is 11.8 Å². The number of aromatic nitrogens is 2. The Bertz CT molecular complexity index is 391. The molecule has 3 heteroatoms. The van der Waals surface area contributed by atoms with Gasteiger partial charge in [0, 0.05) is 23.2 Å². The van der Waals surface area contributed by atoms with Crippen LogP contribution in [0.25, 0.3) is 0 Å². The van der Waals surface area contributed by atoms with Crippen LogP contribution in [0.15, 0.2) is 0 Å². The highest BCUT2D eigenvalue weighted by Gasteiger charge is 2.20. The fraction of sp³-hybridized carbons (Fsp3) is 0.733. The average molecular weight is 249 g/mol. The smallest absolute Gasteiger partial charge is 0.136 e. The van der Waals surface area contributed by atoms with Crippen molar-refractivity contribution in [1.29, 1.82) is 0 Å². The van der Waals surface area contributed by atoms with Gasteiger partial charge in [-0.2, -0.15) is 0 Å². The SMILES string of the molecule is CCCCc1nc(C(C)(C)C)nc(NCC)c1C. The highest BCUT2D eigenvalue weighted by atomic mass is 15.0. The molecule has 1 N–H and O–H groups in total. The van der Waals surface area contributed by atoms with E-state index in [2.05, 4.69) is 51.8 Å². The summed E-state index contributed by atoms with van der Waals surface area (Å²) in [5, 5.41) is 3.35. The lowest BCUT2D eigenvalue weighted by atomic mass is 9.95. The second-order valence-corrected chi connectivity index (χ2v) is 5.85. The molecule has 0 spiro atoms. The third-order valence-corrected chi connectivity index (χ3v) is 3.03. The van der Waals surface area contributed by atoms with E-state index in [9.17, 15) is 0 Å². The van der Waals surface area contributed by atoms with Gasteiger partial charge in [0.15, 0.2) is 0 Å². The Morgan fingerprint density at radius 1 is 1.11 bits per heavy atom. The third kappa shape index (κ3) is 3.69. The highest BCUT2D eigenvalue weighted by Crippen LogP contribution is 2.24. The van der Waals surface area contributed by atoms with Gasteiger partial charge in [0.2, 0.25) is 0 Å². The maximum absolute atomic E-state index is 4.77. The number of hydrogen-bond donors (Lipinski definition) is 1. The lowest BCUT2D eigenvalue weighted by Gasteiger charge is -2.20. The molecule has 102 valence electrons. The molecule has 0 atom stereocenters. The van der Waals surface area contributed by atoms with Crippen LogP contribution >= 0.6 is 0 Å². The molecule has 0 bridgehead atoms. The number of rotatable bonds is 5. The minimum Gasteiger partial charge on any atom is -0.370 e. The Morgan fingerprint density at radius 3 is 2.28 bits per heavy atom. The van der Waals surface area contributed by atoms with Gasteiger partial charge in [-0.3, -0.25) is 0 Å². The minimum atomic E-state index is -0.00115. The van der Waals surface area contributed by atoms with Gasteiger partial charge >= 0.3 is 0 Å². The molecule has 0 unspecified atom stereocenters. The molecule has 0 saturated heterocycles. The molecular weight excluding hydrogens is 222 g/mol. The second kappa shape index (κ2) is 6.17. The number of nitrogens with one attached hydrogen (secondary N) is 1. The van der Waals surface area contributed by atoms with Crippen LogP contribution in [0.4, 0.5) is 5.82 Å². The van der Waals surface area contributed by atoms with Gasteiger partial charge in [-0.25, -0.2) is 9.97 Å². The summed E-state index contributed by atoms with van der Waals surface area (Å²) in [5.74, 6) is 1.94. The van der Waals surface area contributed by atoms with E-state index in [1.165, 1.54) is 24.1 Å². The lowest BCUT2D eigenvalue weighted by molar-refractivity contribution is 0.540. The van der Waals surface area contributed by atoms with Crippen molar-refractivity contribution >= 4 is 5.82 Å². The van der Waals surface area contributed by atoms with E-state index in [1.54, 1.807) is 0 Å². The maximum atomic E-state index is 4.77. The van der Waals surface area contributed by atoms with Crippen LogP contribution in [0, 0.1) is 6.92 Å². The van der Waals surface area contributed by atoms with Gasteiger partial charge in [0.25, 0.3) is 0 Å². The van der Waals surface area contributed by atoms with Crippen molar-refractivity contribution in [1.82, 2.24) is 9.97 Å². The molecule has 0 aromatic carbocycles. The van der Waals surface area contributed by atoms with Gasteiger partial charge < -0.3 is 5.32 Å². The standard InChI is InChI=1S/C15H27N3/c1-7-9-10-12-11(3)13(16-8-2)18-14(17-12)15(4,5)6/h7-10H2,1-6H3,(H,16,17,18). The van der Waals surface area contributed by atoms with Crippen LogP contribution in [0.3, 0.4) is 0 Å². The fourth-order valence-corrected chi connectivity index (χ4v) is 1.83. The summed E-state index contributed by atoms with van der Waals surface area (Å²) in [6, 6.07) is 0. The molecule has 0 aliphatic rings. The number of nitrogens with zero attached hydrogens (tertiary/aromatic N) is 2. The van der Waals surface area contributed by atoms with E-state index in [-0.39, 0.29) is 5.41 Å². The molecule has 0 saturated carbocycles. The van der Waals surface area contributed by atoms with Crippen molar-refractivity contribution in [2.45, 2.75) is 66.2 Å². The monoisotopic (exact) mass is 249 g/mol. The van der Waals surface area contributed by atoms with Gasteiger partial charge in [-0.15, -0.1) is 0 Å². The number of aryl methyl sites for hydroxylation is 1. The predicted molar refractivity (Wildman–Crippen MR) is 78.2 cm³/mol. The first-order chi connectivity index (χ1) is 8.40. The van der Waals surface area contributed by atoms with E-state index >= 15 is 0 Å². The zero-order valence-corrected chi connectivity index (χ0v) is 12.7. The molecule has 0 amide bonds. The number of hydrogen-bond acceptors (Lipinski definition) is 3. The molecule has 18 heavy (non-hydrogen) atoms. The summed E-state index contributed by atoms with van der Waals surface area (Å²) in [6.07, 6.45) is 3.43. The zero-order chi connectivity index (χ0) is 13.8. The summed E-state index contributed by atoms with van der Waals surface area (Å²) in [5.41, 5.74) is 2.41. The van der Waals surface area contributed by atoms with Gasteiger partial charge in [-0.1, -0.05) is 34.1 Å². The van der Waals surface area contributed by atoms with Crippen molar-refractivity contribution in [3.63, 3.8) is 0 Å². The summed E-state index contributed by atoms with van der Waals surface area (Å²) in [6.45, 7) is 13.8. The Kier molecular flexibility index (Phi) is 5.12. The van der Waals surface area contributed by atoms with Gasteiger partial charge in [0.05, 0.1) is 0 Å². The topological polar surface area (TPSA) is 37.8 Å². The molecule has 3 nitrogen and oxygen atoms in total. The first-order valence-electron chi connectivity index (χ1n) is 7.02. The van der Waals surface area contributed by atoms with Crippen molar-refractivity contribution in [3.05, 3.63) is 17.1 Å². The fourth-order valence-electron chi connectivity index (χ4n) is 1.83. The molecule has 0 radical (unpaired) electrons. The quantitative estimate of drug-likeness (QED) is 0.861. The van der Waals surface area contributed by atoms with Crippen LogP contribution < -0.4 is 5.32 Å². The summed E-state index contributed by atoms with van der Waals surface area (Å²) in [7, 11) is 0. The minimum absolute atomic E-state index is 0.00115. The van der Waals surface area contributed by atoms with Crippen LogP contribution in [0.2, 0.25) is 0 Å². The first-order valence-corrected chi connectivity index (χ1v) is 7.02. The van der Waals surface area contributed by atoms with Crippen molar-refractivity contribution in [2.24, 2.45) is 0 Å². The van der Waals surface area contributed by atoms with Crippen molar-refractivity contribution in [3.8, 4) is 0 Å². The van der Waals surface area contributed by atoms with E-state index in [0.717, 1.165) is 24.6 Å². The van der Waals surface area contributed by atoms with E-state index < -0.39 is 0 Å². The van der Waals surface area contributed by atoms with E-state index in [0.29, 0.717) is 0 Å². The van der Waals surface area contributed by atoms with Gasteiger partial charge in [-0.05, 0) is 26.7 Å². The van der Waals surface area contributed by atoms with E-state index in [1.807, 2.05) is 0 Å². The maximum Gasteiger partial charge on any atom is 0.136 e. The Morgan fingerprint density at radius 2 is 1.78 bits per heavy atom. The summed E-state index contributed by atoms with van der Waals surface area (Å²) < 4.78 is 0. The first kappa shape index (κ1) is 14.9. The van der Waals surface area contributed by atoms with Gasteiger partial charge in [0.1, 0.15) is 11.6 Å². The molecule has 1 aromatic heterocycles. The molecule has 0 aliphatic heterocycles. The zero-order valence-electron chi connectivity index (χ0n) is 12.7. The Balaban J connectivity index is 3.18. The molecular formula is C15H27N3. The predicted octanol–water partition coefficient (Wildman–Crippen LogP) is 3.86.